The van der Waals surface area contributed by atoms with Gasteiger partial charge in [-0.2, -0.15) is 15.0 Å². The Morgan fingerprint density at radius 2 is 1.84 bits per heavy atom. The molecule has 1 aromatic heterocycles. The van der Waals surface area contributed by atoms with Crippen molar-refractivity contribution < 1.29 is 14.4 Å². The van der Waals surface area contributed by atoms with Crippen LogP contribution in [0.5, 0.6) is 11.5 Å². The Morgan fingerprint density at radius 3 is 2.68 bits per heavy atom. The number of likely N-dealkylation sites (tertiary alicyclic amines) is 1. The number of aryl methyl sites for hydroxylation is 1. The Morgan fingerprint density at radius 1 is 1.03 bits per heavy atom. The average molecular weight is 420 g/mol. The Hall–Kier alpha value is -3.39. The molecule has 8 nitrogen and oxygen atoms in total. The minimum Gasteiger partial charge on any atom is -0.486 e. The molecule has 3 heterocycles. The lowest BCUT2D eigenvalue weighted by atomic mass is 10.0. The van der Waals surface area contributed by atoms with E-state index >= 15 is 0 Å². The van der Waals surface area contributed by atoms with Crippen LogP contribution in [-0.2, 0) is 6.54 Å². The van der Waals surface area contributed by atoms with E-state index in [1.807, 2.05) is 30.3 Å². The van der Waals surface area contributed by atoms with Gasteiger partial charge in [-0.15, -0.1) is 0 Å². The fourth-order valence-electron chi connectivity index (χ4n) is 4.34. The topological polar surface area (TPSA) is 99.6 Å². The van der Waals surface area contributed by atoms with E-state index in [4.69, 9.17) is 15.2 Å². The van der Waals surface area contributed by atoms with E-state index in [9.17, 15) is 0 Å². The van der Waals surface area contributed by atoms with Crippen molar-refractivity contribution in [1.29, 1.82) is 0 Å². The molecule has 0 aliphatic carbocycles. The number of anilines is 3. The second-order valence-corrected chi connectivity index (χ2v) is 8.11. The van der Waals surface area contributed by atoms with Crippen LogP contribution in [0.15, 0.2) is 42.5 Å². The molecule has 31 heavy (non-hydrogen) atoms. The average Bonchev–Trinajstić information content (AvgIpc) is 3.22. The number of quaternary nitrogens is 1. The van der Waals surface area contributed by atoms with Crippen LogP contribution in [0.25, 0.3) is 0 Å². The Kier molecular flexibility index (Phi) is 5.30. The molecule has 0 radical (unpaired) electrons. The first kappa shape index (κ1) is 19.6. The van der Waals surface area contributed by atoms with Gasteiger partial charge in [0.2, 0.25) is 11.9 Å². The van der Waals surface area contributed by atoms with E-state index < -0.39 is 0 Å². The number of nitrogens with zero attached hydrogens (tertiary/aromatic N) is 3. The van der Waals surface area contributed by atoms with E-state index in [0.717, 1.165) is 36.6 Å². The highest BCUT2D eigenvalue weighted by molar-refractivity contribution is 5.54. The predicted octanol–water partition coefficient (Wildman–Crippen LogP) is 2.20. The molecular weight excluding hydrogens is 392 g/mol. The Labute approximate surface area is 181 Å². The number of nitrogens with one attached hydrogen (secondary N) is 2. The summed E-state index contributed by atoms with van der Waals surface area (Å²) in [5.74, 6) is 3.06. The van der Waals surface area contributed by atoms with Gasteiger partial charge in [-0.25, -0.2) is 0 Å². The SMILES string of the molecule is Cc1ccc(Nc2nc(N)nc(C[NH+]3CCC[C@H]3c3ccc4c(c3)OCCO4)n2)cc1. The second-order valence-electron chi connectivity index (χ2n) is 8.11. The molecule has 2 atom stereocenters. The largest absolute Gasteiger partial charge is 0.486 e. The number of aromatic nitrogens is 3. The maximum atomic E-state index is 5.99. The monoisotopic (exact) mass is 419 g/mol. The minimum absolute atomic E-state index is 0.231. The zero-order chi connectivity index (χ0) is 21.2. The molecule has 1 fully saturated rings. The molecule has 1 unspecified atom stereocenters. The Balaban J connectivity index is 1.34. The van der Waals surface area contributed by atoms with Gasteiger partial charge in [0.25, 0.3) is 0 Å². The van der Waals surface area contributed by atoms with Crippen LogP contribution >= 0.6 is 0 Å². The number of hydrogen-bond donors (Lipinski definition) is 3. The smallest absolute Gasteiger partial charge is 0.232 e. The highest BCUT2D eigenvalue weighted by Gasteiger charge is 2.32. The van der Waals surface area contributed by atoms with Crippen molar-refractivity contribution in [2.75, 3.05) is 30.8 Å². The standard InChI is InChI=1S/C23H26N6O2/c1-15-4-7-17(8-5-15)25-23-27-21(26-22(24)28-23)14-29-10-2-3-18(29)16-6-9-19-20(13-16)31-12-11-30-19/h4-9,13,18H,2-3,10-12,14H2,1H3,(H3,24,25,26,27,28)/p+1/t18-/m0/s1. The fraction of sp³-hybridized carbons (Fsp3) is 0.348. The van der Waals surface area contributed by atoms with Crippen molar-refractivity contribution >= 4 is 17.6 Å². The van der Waals surface area contributed by atoms with Crippen molar-refractivity contribution in [3.05, 3.63) is 59.4 Å². The number of nitrogens with two attached hydrogens (primary N) is 1. The first-order chi connectivity index (χ1) is 15.1. The van der Waals surface area contributed by atoms with Gasteiger partial charge in [0, 0.05) is 24.1 Å². The summed E-state index contributed by atoms with van der Waals surface area (Å²) in [6.45, 7) is 5.01. The summed E-state index contributed by atoms with van der Waals surface area (Å²) in [4.78, 5) is 14.7. The van der Waals surface area contributed by atoms with Gasteiger partial charge in [-0.05, 0) is 37.3 Å². The molecule has 1 saturated heterocycles. The van der Waals surface area contributed by atoms with E-state index in [0.29, 0.717) is 37.6 Å². The first-order valence-electron chi connectivity index (χ1n) is 10.7. The molecule has 5 rings (SSSR count). The predicted molar refractivity (Wildman–Crippen MR) is 118 cm³/mol. The molecule has 160 valence electrons. The molecule has 2 aliphatic rings. The summed E-state index contributed by atoms with van der Waals surface area (Å²) >= 11 is 0. The summed E-state index contributed by atoms with van der Waals surface area (Å²) < 4.78 is 11.4. The molecule has 4 N–H and O–H groups in total. The third-order valence-electron chi connectivity index (χ3n) is 5.84. The van der Waals surface area contributed by atoms with E-state index in [-0.39, 0.29) is 5.95 Å². The Bertz CT molecular complexity index is 1070. The lowest BCUT2D eigenvalue weighted by molar-refractivity contribution is -0.932. The summed E-state index contributed by atoms with van der Waals surface area (Å²) in [7, 11) is 0. The number of ether oxygens (including phenoxy) is 2. The minimum atomic E-state index is 0.231. The molecule has 3 aromatic rings. The van der Waals surface area contributed by atoms with Gasteiger partial charge >= 0.3 is 0 Å². The van der Waals surface area contributed by atoms with Gasteiger partial charge in [-0.3, -0.25) is 0 Å². The van der Waals surface area contributed by atoms with Crippen molar-refractivity contribution in [3.8, 4) is 11.5 Å². The van der Waals surface area contributed by atoms with Crippen LogP contribution in [0.1, 0.15) is 35.8 Å². The van der Waals surface area contributed by atoms with Crippen molar-refractivity contribution in [1.82, 2.24) is 15.0 Å². The fourth-order valence-corrected chi connectivity index (χ4v) is 4.34. The summed E-state index contributed by atoms with van der Waals surface area (Å²) in [5.41, 5.74) is 9.37. The number of hydrogen-bond acceptors (Lipinski definition) is 7. The van der Waals surface area contributed by atoms with Crippen molar-refractivity contribution in [2.24, 2.45) is 0 Å². The number of fused-ring (bicyclic) bond motifs is 1. The van der Waals surface area contributed by atoms with Gasteiger partial charge in [0.1, 0.15) is 25.8 Å². The zero-order valence-electron chi connectivity index (χ0n) is 17.6. The highest BCUT2D eigenvalue weighted by Crippen LogP contribution is 2.33. The van der Waals surface area contributed by atoms with Gasteiger partial charge in [-0.1, -0.05) is 17.7 Å². The zero-order valence-corrected chi connectivity index (χ0v) is 17.6. The quantitative estimate of drug-likeness (QED) is 0.583. The van der Waals surface area contributed by atoms with E-state index in [2.05, 4.69) is 39.3 Å². The van der Waals surface area contributed by atoms with Crippen LogP contribution in [0, 0.1) is 6.92 Å². The lowest BCUT2D eigenvalue weighted by Gasteiger charge is -2.24. The normalized spacial score (nSPS) is 19.9. The molecule has 0 bridgehead atoms. The van der Waals surface area contributed by atoms with Gasteiger partial charge < -0.3 is 25.4 Å². The first-order valence-corrected chi connectivity index (χ1v) is 10.7. The van der Waals surface area contributed by atoms with E-state index in [1.54, 1.807) is 0 Å². The molecule has 8 heteroatoms. The molecule has 2 aliphatic heterocycles. The van der Waals surface area contributed by atoms with Crippen LogP contribution in [0.2, 0.25) is 0 Å². The van der Waals surface area contributed by atoms with Crippen molar-refractivity contribution in [2.45, 2.75) is 32.4 Å². The number of nitrogen functional groups attached to an aromatic ring is 1. The maximum absolute atomic E-state index is 5.99. The van der Waals surface area contributed by atoms with Crippen LogP contribution in [0.4, 0.5) is 17.6 Å². The molecule has 0 saturated carbocycles. The maximum Gasteiger partial charge on any atom is 0.232 e. The third-order valence-corrected chi connectivity index (χ3v) is 5.84. The van der Waals surface area contributed by atoms with Crippen molar-refractivity contribution in [3.63, 3.8) is 0 Å². The third kappa shape index (κ3) is 4.39. The van der Waals surface area contributed by atoms with Crippen LogP contribution in [-0.4, -0.2) is 34.7 Å². The number of benzene rings is 2. The molecular formula is C23H27N6O2+. The van der Waals surface area contributed by atoms with Crippen LogP contribution in [0.3, 0.4) is 0 Å². The highest BCUT2D eigenvalue weighted by atomic mass is 16.6. The summed E-state index contributed by atoms with van der Waals surface area (Å²) in [6.07, 6.45) is 2.27. The number of rotatable bonds is 5. The summed E-state index contributed by atoms with van der Waals surface area (Å²) in [6, 6.07) is 14.7. The van der Waals surface area contributed by atoms with Gasteiger partial charge in [0.15, 0.2) is 17.3 Å². The molecule has 2 aromatic carbocycles. The van der Waals surface area contributed by atoms with Crippen LogP contribution < -0.4 is 25.4 Å². The molecule has 0 spiro atoms. The van der Waals surface area contributed by atoms with Gasteiger partial charge in [0.05, 0.1) is 6.54 Å². The second kappa shape index (κ2) is 8.39. The van der Waals surface area contributed by atoms with E-state index in [1.165, 1.54) is 16.0 Å². The lowest BCUT2D eigenvalue weighted by Crippen LogP contribution is -3.09. The summed E-state index contributed by atoms with van der Waals surface area (Å²) in [5, 5.41) is 3.23. The molecule has 0 amide bonds.